The van der Waals surface area contributed by atoms with Gasteiger partial charge in [-0.05, 0) is 37.4 Å². The molecule has 142 valence electrons. The molecule has 1 amide bonds. The zero-order valence-corrected chi connectivity index (χ0v) is 16.4. The highest BCUT2D eigenvalue weighted by Crippen LogP contribution is 2.31. The van der Waals surface area contributed by atoms with Crippen LogP contribution in [0.3, 0.4) is 0 Å². The summed E-state index contributed by atoms with van der Waals surface area (Å²) in [5, 5.41) is 17.4. The number of anilines is 2. The molecule has 1 aliphatic heterocycles. The van der Waals surface area contributed by atoms with Crippen molar-refractivity contribution in [1.29, 1.82) is 5.26 Å². The van der Waals surface area contributed by atoms with Crippen molar-refractivity contribution >= 4 is 28.2 Å². The minimum atomic E-state index is -0.159. The molecule has 0 bridgehead atoms. The first-order valence-electron chi connectivity index (χ1n) is 9.15. The van der Waals surface area contributed by atoms with Crippen molar-refractivity contribution < 1.29 is 4.79 Å². The van der Waals surface area contributed by atoms with Crippen LogP contribution >= 0.6 is 11.3 Å². The van der Waals surface area contributed by atoms with E-state index in [0.29, 0.717) is 35.7 Å². The van der Waals surface area contributed by atoms with Crippen molar-refractivity contribution in [3.8, 4) is 6.07 Å². The zero-order valence-electron chi connectivity index (χ0n) is 15.6. The van der Waals surface area contributed by atoms with Crippen molar-refractivity contribution in [2.24, 2.45) is 5.92 Å². The maximum atomic E-state index is 12.1. The van der Waals surface area contributed by atoms with Crippen molar-refractivity contribution in [2.75, 3.05) is 25.0 Å². The molecule has 1 saturated heterocycles. The summed E-state index contributed by atoms with van der Waals surface area (Å²) in [4.78, 5) is 23.3. The first-order chi connectivity index (χ1) is 13.1. The molecule has 2 aromatic heterocycles. The van der Waals surface area contributed by atoms with Crippen LogP contribution in [0.5, 0.6) is 0 Å². The first-order valence-corrected chi connectivity index (χ1v) is 10.0. The third-order valence-electron chi connectivity index (χ3n) is 4.39. The Morgan fingerprint density at radius 2 is 2.30 bits per heavy atom. The highest BCUT2D eigenvalue weighted by atomic mass is 32.1. The number of carbonyl (C=O) groups is 1. The van der Waals surface area contributed by atoms with Gasteiger partial charge in [0.15, 0.2) is 5.13 Å². The minimum absolute atomic E-state index is 0.159. The number of hydrogen-bond donors (Lipinski definition) is 2. The first kappa shape index (κ1) is 19.3. The van der Waals surface area contributed by atoms with Gasteiger partial charge in [-0.25, -0.2) is 9.97 Å². The summed E-state index contributed by atoms with van der Waals surface area (Å²) in [6.07, 6.45) is 2.09. The maximum absolute atomic E-state index is 12.1. The Labute approximate surface area is 163 Å². The number of amides is 1. The molecule has 0 aromatic carbocycles. The predicted molar refractivity (Wildman–Crippen MR) is 106 cm³/mol. The van der Waals surface area contributed by atoms with E-state index < -0.39 is 0 Å². The fourth-order valence-corrected chi connectivity index (χ4v) is 3.78. The number of nitriles is 1. The van der Waals surface area contributed by atoms with E-state index in [1.165, 1.54) is 11.3 Å². The summed E-state index contributed by atoms with van der Waals surface area (Å²) < 4.78 is 0. The van der Waals surface area contributed by atoms with Gasteiger partial charge >= 0.3 is 0 Å². The number of hydrogen-bond acceptors (Lipinski definition) is 7. The van der Waals surface area contributed by atoms with Crippen LogP contribution in [-0.2, 0) is 0 Å². The van der Waals surface area contributed by atoms with Crippen LogP contribution in [0.2, 0.25) is 0 Å². The standard InChI is InChI=1S/C19H24N6OS/c1-13(2)11-21-18(26)15-12-27-19(23-15)24-17-7-3-5-14(22-17)16-6-4-9-25(16)10-8-20/h3,5,7,12-13,16H,4,6,9-11H2,1-2H3,(H,21,26)(H,22,23,24)/t16-/m1/s1. The lowest BCUT2D eigenvalue weighted by atomic mass is 10.1. The number of nitrogens with zero attached hydrogens (tertiary/aromatic N) is 4. The van der Waals surface area contributed by atoms with E-state index in [0.717, 1.165) is 25.1 Å². The summed E-state index contributed by atoms with van der Waals surface area (Å²) in [6, 6.07) is 8.25. The molecule has 8 heteroatoms. The molecule has 7 nitrogen and oxygen atoms in total. The molecule has 0 aliphatic carbocycles. The number of aromatic nitrogens is 2. The number of carbonyl (C=O) groups excluding carboxylic acids is 1. The normalized spacial score (nSPS) is 17.0. The van der Waals surface area contributed by atoms with Crippen LogP contribution in [0.4, 0.5) is 10.9 Å². The fraction of sp³-hybridized carbons (Fsp3) is 0.474. The molecule has 27 heavy (non-hydrogen) atoms. The van der Waals surface area contributed by atoms with Gasteiger partial charge in [-0.2, -0.15) is 5.26 Å². The van der Waals surface area contributed by atoms with Crippen molar-refractivity contribution in [3.05, 3.63) is 35.0 Å². The van der Waals surface area contributed by atoms with Crippen LogP contribution in [0.15, 0.2) is 23.6 Å². The number of pyridine rings is 1. The lowest BCUT2D eigenvalue weighted by molar-refractivity contribution is 0.0945. The number of thiazole rings is 1. The third-order valence-corrected chi connectivity index (χ3v) is 5.15. The second-order valence-electron chi connectivity index (χ2n) is 7.00. The number of likely N-dealkylation sites (tertiary alicyclic amines) is 1. The fourth-order valence-electron chi connectivity index (χ4n) is 3.08. The van der Waals surface area contributed by atoms with Crippen molar-refractivity contribution in [2.45, 2.75) is 32.7 Å². The van der Waals surface area contributed by atoms with Gasteiger partial charge in [-0.1, -0.05) is 19.9 Å². The van der Waals surface area contributed by atoms with Crippen LogP contribution in [0, 0.1) is 17.2 Å². The summed E-state index contributed by atoms with van der Waals surface area (Å²) >= 11 is 1.38. The van der Waals surface area contributed by atoms with E-state index in [-0.39, 0.29) is 11.9 Å². The Kier molecular flexibility index (Phi) is 6.37. The molecule has 0 spiro atoms. The Morgan fingerprint density at radius 3 is 3.07 bits per heavy atom. The molecule has 3 rings (SSSR count). The van der Waals surface area contributed by atoms with Crippen LogP contribution in [-0.4, -0.2) is 40.4 Å². The highest BCUT2D eigenvalue weighted by Gasteiger charge is 2.26. The molecule has 0 saturated carbocycles. The summed E-state index contributed by atoms with van der Waals surface area (Å²) in [5.41, 5.74) is 1.37. The molecule has 1 atom stereocenters. The minimum Gasteiger partial charge on any atom is -0.350 e. The van der Waals surface area contributed by atoms with Gasteiger partial charge in [0.2, 0.25) is 0 Å². The SMILES string of the molecule is CC(C)CNC(=O)c1csc(Nc2cccc([C@H]3CCCN3CC#N)n2)n1. The van der Waals surface area contributed by atoms with E-state index in [1.54, 1.807) is 5.38 Å². The summed E-state index contributed by atoms with van der Waals surface area (Å²) in [6.45, 7) is 6.08. The second kappa shape index (κ2) is 8.93. The Balaban J connectivity index is 1.67. The average molecular weight is 385 g/mol. The Morgan fingerprint density at radius 1 is 1.44 bits per heavy atom. The van der Waals surface area contributed by atoms with Gasteiger partial charge < -0.3 is 10.6 Å². The zero-order chi connectivity index (χ0) is 19.2. The van der Waals surface area contributed by atoms with E-state index in [2.05, 4.69) is 40.4 Å². The Bertz CT molecular complexity index is 828. The van der Waals surface area contributed by atoms with E-state index in [9.17, 15) is 4.79 Å². The monoisotopic (exact) mass is 384 g/mol. The van der Waals surface area contributed by atoms with Gasteiger partial charge in [0.1, 0.15) is 11.5 Å². The van der Waals surface area contributed by atoms with Crippen molar-refractivity contribution in [1.82, 2.24) is 20.2 Å². The summed E-state index contributed by atoms with van der Waals surface area (Å²) in [5.74, 6) is 0.931. The molecule has 2 aromatic rings. The van der Waals surface area contributed by atoms with Gasteiger partial charge in [0.25, 0.3) is 5.91 Å². The average Bonchev–Trinajstić information content (AvgIpc) is 3.30. The molecule has 0 radical (unpaired) electrons. The van der Waals surface area contributed by atoms with E-state index >= 15 is 0 Å². The topological polar surface area (TPSA) is 93.9 Å². The third kappa shape index (κ3) is 5.02. The quantitative estimate of drug-likeness (QED) is 0.711. The number of rotatable bonds is 7. The smallest absolute Gasteiger partial charge is 0.270 e. The van der Waals surface area contributed by atoms with E-state index in [1.807, 2.05) is 18.2 Å². The highest BCUT2D eigenvalue weighted by molar-refractivity contribution is 7.14. The molecule has 1 aliphatic rings. The summed E-state index contributed by atoms with van der Waals surface area (Å²) in [7, 11) is 0. The van der Waals surface area contributed by atoms with E-state index in [4.69, 9.17) is 10.2 Å². The Hall–Kier alpha value is -2.50. The lowest BCUT2D eigenvalue weighted by Gasteiger charge is -2.21. The lowest BCUT2D eigenvalue weighted by Crippen LogP contribution is -2.27. The van der Waals surface area contributed by atoms with Gasteiger partial charge in [0, 0.05) is 11.9 Å². The van der Waals surface area contributed by atoms with Crippen LogP contribution in [0.1, 0.15) is 48.9 Å². The van der Waals surface area contributed by atoms with Crippen molar-refractivity contribution in [3.63, 3.8) is 0 Å². The predicted octanol–water partition coefficient (Wildman–Crippen LogP) is 3.33. The van der Waals surface area contributed by atoms with Crippen LogP contribution in [0.25, 0.3) is 0 Å². The molecule has 1 fully saturated rings. The largest absolute Gasteiger partial charge is 0.350 e. The molecular formula is C19H24N6OS. The van der Waals surface area contributed by atoms with Gasteiger partial charge in [0.05, 0.1) is 24.3 Å². The van der Waals surface area contributed by atoms with Gasteiger partial charge in [-0.15, -0.1) is 11.3 Å². The van der Waals surface area contributed by atoms with Gasteiger partial charge in [-0.3, -0.25) is 9.69 Å². The molecule has 0 unspecified atom stereocenters. The number of nitrogens with one attached hydrogen (secondary N) is 2. The maximum Gasteiger partial charge on any atom is 0.270 e. The molecular weight excluding hydrogens is 360 g/mol. The molecule has 2 N–H and O–H groups in total. The molecule has 3 heterocycles. The van der Waals surface area contributed by atoms with Crippen LogP contribution < -0.4 is 10.6 Å². The second-order valence-corrected chi connectivity index (χ2v) is 7.86.